The van der Waals surface area contributed by atoms with Crippen LogP contribution in [0.15, 0.2) is 18.2 Å². The number of halogens is 1. The van der Waals surface area contributed by atoms with Gasteiger partial charge in [0.05, 0.1) is 0 Å². The monoisotopic (exact) mass is 236 g/mol. The van der Waals surface area contributed by atoms with Crippen LogP contribution in [0.2, 0.25) is 0 Å². The minimum Gasteiger partial charge on any atom is -0.371 e. The van der Waals surface area contributed by atoms with Crippen molar-refractivity contribution in [3.8, 4) is 0 Å². The molecule has 0 atom stereocenters. The normalized spacial score (nSPS) is 16.6. The quantitative estimate of drug-likeness (QED) is 0.874. The molecule has 1 aliphatic rings. The Labute approximate surface area is 103 Å². The molecule has 0 unspecified atom stereocenters. The van der Waals surface area contributed by atoms with E-state index in [1.54, 1.807) is 6.07 Å². The van der Waals surface area contributed by atoms with E-state index >= 15 is 0 Å². The number of nitrogens with two attached hydrogens (primary N) is 1. The topological polar surface area (TPSA) is 29.3 Å². The molecule has 0 amide bonds. The summed E-state index contributed by atoms with van der Waals surface area (Å²) in [5, 5.41) is 0. The van der Waals surface area contributed by atoms with Gasteiger partial charge in [-0.3, -0.25) is 0 Å². The molecule has 2 rings (SSSR count). The third-order valence-corrected chi connectivity index (χ3v) is 3.17. The molecule has 2 N–H and O–H groups in total. The van der Waals surface area contributed by atoms with E-state index in [0.717, 1.165) is 24.3 Å². The van der Waals surface area contributed by atoms with Crippen LogP contribution >= 0.6 is 0 Å². The molecule has 0 aliphatic carbocycles. The molecular weight excluding hydrogens is 215 g/mol. The Kier molecular flexibility index (Phi) is 3.38. The van der Waals surface area contributed by atoms with Gasteiger partial charge >= 0.3 is 0 Å². The first-order valence-corrected chi connectivity index (χ1v) is 6.28. The molecule has 3 heteroatoms. The first-order chi connectivity index (χ1) is 7.97. The van der Waals surface area contributed by atoms with E-state index in [1.807, 2.05) is 19.9 Å². The third-order valence-electron chi connectivity index (χ3n) is 3.17. The molecule has 0 bridgehead atoms. The van der Waals surface area contributed by atoms with Gasteiger partial charge in [0.25, 0.3) is 0 Å². The van der Waals surface area contributed by atoms with Crippen molar-refractivity contribution in [3.05, 3.63) is 29.6 Å². The lowest BCUT2D eigenvalue weighted by molar-refractivity contribution is 0.497. The van der Waals surface area contributed by atoms with Crippen LogP contribution in [0.1, 0.15) is 32.3 Å². The van der Waals surface area contributed by atoms with Gasteiger partial charge in [-0.15, -0.1) is 0 Å². The summed E-state index contributed by atoms with van der Waals surface area (Å²) < 4.78 is 14.0. The second-order valence-electron chi connectivity index (χ2n) is 5.60. The molecule has 1 saturated heterocycles. The van der Waals surface area contributed by atoms with E-state index in [-0.39, 0.29) is 11.4 Å². The first-order valence-electron chi connectivity index (χ1n) is 6.28. The van der Waals surface area contributed by atoms with Gasteiger partial charge in [-0.1, -0.05) is 6.07 Å². The molecular formula is C14H21FN2. The summed E-state index contributed by atoms with van der Waals surface area (Å²) in [6, 6.07) is 5.33. The maximum atomic E-state index is 14.0. The predicted molar refractivity (Wildman–Crippen MR) is 69.8 cm³/mol. The largest absolute Gasteiger partial charge is 0.371 e. The molecule has 0 spiro atoms. The number of anilines is 1. The minimum atomic E-state index is -0.378. The van der Waals surface area contributed by atoms with E-state index in [2.05, 4.69) is 4.90 Å². The van der Waals surface area contributed by atoms with Crippen LogP contribution < -0.4 is 10.6 Å². The molecule has 2 nitrogen and oxygen atoms in total. The number of nitrogens with zero attached hydrogens (tertiary/aromatic N) is 1. The molecule has 94 valence electrons. The Hall–Kier alpha value is -1.09. The molecule has 0 radical (unpaired) electrons. The summed E-state index contributed by atoms with van der Waals surface area (Å²) in [4.78, 5) is 2.27. The zero-order chi connectivity index (χ0) is 12.5. The lowest BCUT2D eigenvalue weighted by atomic mass is 9.94. The SMILES string of the molecule is CC(C)(N)Cc1c(F)cccc1N1CCCC1. The standard InChI is InChI=1S/C14H21FN2/c1-14(2,16)10-11-12(15)6-5-7-13(11)17-8-3-4-9-17/h5-7H,3-4,8-10,16H2,1-2H3. The summed E-state index contributed by atoms with van der Waals surface area (Å²) in [5.41, 5.74) is 7.43. The second-order valence-corrected chi connectivity index (χ2v) is 5.60. The molecule has 0 saturated carbocycles. The highest BCUT2D eigenvalue weighted by Gasteiger charge is 2.22. The van der Waals surface area contributed by atoms with Gasteiger partial charge in [-0.05, 0) is 45.2 Å². The van der Waals surface area contributed by atoms with Crippen molar-refractivity contribution in [2.45, 2.75) is 38.6 Å². The summed E-state index contributed by atoms with van der Waals surface area (Å²) in [7, 11) is 0. The summed E-state index contributed by atoms with van der Waals surface area (Å²) in [6.07, 6.45) is 2.97. The second kappa shape index (κ2) is 4.65. The van der Waals surface area contributed by atoms with Crippen molar-refractivity contribution in [2.75, 3.05) is 18.0 Å². The Morgan fingerprint density at radius 1 is 1.29 bits per heavy atom. The third kappa shape index (κ3) is 2.97. The average Bonchev–Trinajstić information content (AvgIpc) is 2.72. The van der Waals surface area contributed by atoms with Crippen LogP contribution in [0, 0.1) is 5.82 Å². The maximum absolute atomic E-state index is 14.0. The number of hydrogen-bond acceptors (Lipinski definition) is 2. The Morgan fingerprint density at radius 3 is 2.53 bits per heavy atom. The highest BCUT2D eigenvalue weighted by molar-refractivity contribution is 5.55. The highest BCUT2D eigenvalue weighted by atomic mass is 19.1. The Morgan fingerprint density at radius 2 is 1.94 bits per heavy atom. The van der Waals surface area contributed by atoms with Gasteiger partial charge < -0.3 is 10.6 Å². The molecule has 1 fully saturated rings. The van der Waals surface area contributed by atoms with Crippen LogP contribution in [0.25, 0.3) is 0 Å². The van der Waals surface area contributed by atoms with Crippen LogP contribution in [0.4, 0.5) is 10.1 Å². The zero-order valence-corrected chi connectivity index (χ0v) is 10.7. The molecule has 1 aromatic carbocycles. The van der Waals surface area contributed by atoms with Gasteiger partial charge in [0.2, 0.25) is 0 Å². The van der Waals surface area contributed by atoms with Gasteiger partial charge in [-0.2, -0.15) is 0 Å². The van der Waals surface area contributed by atoms with E-state index in [0.29, 0.717) is 6.42 Å². The van der Waals surface area contributed by atoms with E-state index in [9.17, 15) is 4.39 Å². The zero-order valence-electron chi connectivity index (χ0n) is 10.7. The fraction of sp³-hybridized carbons (Fsp3) is 0.571. The first kappa shape index (κ1) is 12.4. The van der Waals surface area contributed by atoms with Crippen LogP contribution in [-0.4, -0.2) is 18.6 Å². The van der Waals surface area contributed by atoms with Gasteiger partial charge in [-0.25, -0.2) is 4.39 Å². The lowest BCUT2D eigenvalue weighted by Gasteiger charge is -2.26. The molecule has 1 aromatic rings. The fourth-order valence-corrected chi connectivity index (χ4v) is 2.43. The van der Waals surface area contributed by atoms with Crippen molar-refractivity contribution in [3.63, 3.8) is 0 Å². The summed E-state index contributed by atoms with van der Waals surface area (Å²) >= 11 is 0. The van der Waals surface area contributed by atoms with E-state index in [1.165, 1.54) is 18.9 Å². The smallest absolute Gasteiger partial charge is 0.128 e. The van der Waals surface area contributed by atoms with Crippen molar-refractivity contribution in [1.29, 1.82) is 0 Å². The number of benzene rings is 1. The van der Waals surface area contributed by atoms with E-state index < -0.39 is 0 Å². The van der Waals surface area contributed by atoms with Crippen molar-refractivity contribution >= 4 is 5.69 Å². The van der Waals surface area contributed by atoms with Crippen molar-refractivity contribution < 1.29 is 4.39 Å². The number of rotatable bonds is 3. The van der Waals surface area contributed by atoms with Crippen LogP contribution in [-0.2, 0) is 6.42 Å². The Bertz CT molecular complexity index is 390. The highest BCUT2D eigenvalue weighted by Crippen LogP contribution is 2.28. The van der Waals surface area contributed by atoms with Crippen LogP contribution in [0.5, 0.6) is 0 Å². The van der Waals surface area contributed by atoms with Crippen molar-refractivity contribution in [2.24, 2.45) is 5.73 Å². The van der Waals surface area contributed by atoms with Gasteiger partial charge in [0.1, 0.15) is 5.82 Å². The molecule has 0 aromatic heterocycles. The van der Waals surface area contributed by atoms with Gasteiger partial charge in [0, 0.05) is 29.9 Å². The van der Waals surface area contributed by atoms with Crippen molar-refractivity contribution in [1.82, 2.24) is 0 Å². The Balaban J connectivity index is 2.33. The number of hydrogen-bond donors (Lipinski definition) is 1. The van der Waals surface area contributed by atoms with Crippen LogP contribution in [0.3, 0.4) is 0 Å². The van der Waals surface area contributed by atoms with E-state index in [4.69, 9.17) is 5.73 Å². The van der Waals surface area contributed by atoms with Gasteiger partial charge in [0.15, 0.2) is 0 Å². The summed E-state index contributed by atoms with van der Waals surface area (Å²) in [5.74, 6) is -0.132. The predicted octanol–water partition coefficient (Wildman–Crippen LogP) is 2.71. The fourth-order valence-electron chi connectivity index (χ4n) is 2.43. The molecule has 17 heavy (non-hydrogen) atoms. The lowest BCUT2D eigenvalue weighted by Crippen LogP contribution is -2.35. The summed E-state index contributed by atoms with van der Waals surface area (Å²) in [6.45, 7) is 5.93. The average molecular weight is 236 g/mol. The molecule has 1 aliphatic heterocycles. The maximum Gasteiger partial charge on any atom is 0.128 e. The minimum absolute atomic E-state index is 0.132. The molecule has 1 heterocycles.